The standard InChI is InChI=1S/C25H27ClN6O/c1-3-4-17-13-21(28-15-17)29-22-14-23(32-9-7-27-8-10-32)31-25(30-22)33-20-6-5-18-11-16(2)12-19(18)24(20)26/h3-6,12-14,27H,7-11,15H2,1-2H3,(H,28,29,30,31)/b4-3-. The topological polar surface area (TPSA) is 74.7 Å². The third-order valence-electron chi connectivity index (χ3n) is 5.82. The van der Waals surface area contributed by atoms with Crippen LogP contribution in [-0.2, 0) is 6.42 Å². The Hall–Kier alpha value is -3.16. The largest absolute Gasteiger partial charge is 0.423 e. The molecule has 0 saturated carbocycles. The molecule has 1 fully saturated rings. The molecule has 0 spiro atoms. The number of aliphatic imine (C=N–C) groups is 1. The van der Waals surface area contributed by atoms with Gasteiger partial charge in [0.2, 0.25) is 0 Å². The highest BCUT2D eigenvalue weighted by Crippen LogP contribution is 2.38. The first-order valence-corrected chi connectivity index (χ1v) is 11.6. The minimum atomic E-state index is 0.255. The van der Waals surface area contributed by atoms with Crippen LogP contribution in [0.2, 0.25) is 5.02 Å². The summed E-state index contributed by atoms with van der Waals surface area (Å²) in [5.41, 5.74) is 4.67. The third-order valence-corrected chi connectivity index (χ3v) is 6.21. The van der Waals surface area contributed by atoms with E-state index in [1.54, 1.807) is 0 Å². The highest BCUT2D eigenvalue weighted by atomic mass is 35.5. The van der Waals surface area contributed by atoms with E-state index in [-0.39, 0.29) is 6.01 Å². The van der Waals surface area contributed by atoms with Gasteiger partial charge in [-0.25, -0.2) is 0 Å². The molecular formula is C25H27ClN6O. The van der Waals surface area contributed by atoms with E-state index in [1.165, 1.54) is 11.1 Å². The first kappa shape index (κ1) is 21.7. The summed E-state index contributed by atoms with van der Waals surface area (Å²) < 4.78 is 6.13. The molecule has 5 rings (SSSR count). The molecule has 8 heteroatoms. The smallest absolute Gasteiger partial charge is 0.325 e. The lowest BCUT2D eigenvalue weighted by atomic mass is 10.1. The molecule has 0 radical (unpaired) electrons. The van der Waals surface area contributed by atoms with E-state index >= 15 is 0 Å². The van der Waals surface area contributed by atoms with Crippen LogP contribution in [-0.4, -0.2) is 48.5 Å². The molecule has 0 bridgehead atoms. The van der Waals surface area contributed by atoms with Gasteiger partial charge < -0.3 is 20.3 Å². The number of ether oxygens (including phenoxy) is 1. The van der Waals surface area contributed by atoms with Crippen LogP contribution in [0.5, 0.6) is 11.8 Å². The maximum atomic E-state index is 6.69. The summed E-state index contributed by atoms with van der Waals surface area (Å²) in [6, 6.07) is 6.15. The Morgan fingerprint density at radius 3 is 2.85 bits per heavy atom. The molecule has 1 aliphatic carbocycles. The number of benzene rings is 1. The molecule has 3 heterocycles. The number of hydrogen-bond acceptors (Lipinski definition) is 7. The predicted octanol–water partition coefficient (Wildman–Crippen LogP) is 4.62. The number of hydrogen-bond donors (Lipinski definition) is 2. The van der Waals surface area contributed by atoms with Crippen molar-refractivity contribution in [3.63, 3.8) is 0 Å². The van der Waals surface area contributed by atoms with Crippen molar-refractivity contribution in [3.05, 3.63) is 63.7 Å². The van der Waals surface area contributed by atoms with Gasteiger partial charge in [-0.05, 0) is 43.5 Å². The van der Waals surface area contributed by atoms with Crippen molar-refractivity contribution < 1.29 is 4.74 Å². The Balaban J connectivity index is 1.45. The van der Waals surface area contributed by atoms with Gasteiger partial charge in [-0.2, -0.15) is 9.97 Å². The summed E-state index contributed by atoms with van der Waals surface area (Å²) in [7, 11) is 0. The van der Waals surface area contributed by atoms with Gasteiger partial charge in [-0.15, -0.1) is 0 Å². The van der Waals surface area contributed by atoms with Crippen molar-refractivity contribution in [2.75, 3.05) is 42.9 Å². The molecule has 2 aromatic rings. The van der Waals surface area contributed by atoms with Gasteiger partial charge >= 0.3 is 6.01 Å². The van der Waals surface area contributed by atoms with Gasteiger partial charge in [0.05, 0.1) is 11.6 Å². The molecule has 33 heavy (non-hydrogen) atoms. The van der Waals surface area contributed by atoms with Gasteiger partial charge in [-0.1, -0.05) is 41.5 Å². The maximum Gasteiger partial charge on any atom is 0.325 e. The van der Waals surface area contributed by atoms with Gasteiger partial charge in [-0.3, -0.25) is 4.99 Å². The van der Waals surface area contributed by atoms with E-state index in [4.69, 9.17) is 21.3 Å². The fourth-order valence-corrected chi connectivity index (χ4v) is 4.52. The monoisotopic (exact) mass is 462 g/mol. The van der Waals surface area contributed by atoms with E-state index in [0.29, 0.717) is 23.1 Å². The number of allylic oxidation sites excluding steroid dienone is 2. The number of nitrogens with zero attached hydrogens (tertiary/aromatic N) is 4. The van der Waals surface area contributed by atoms with Crippen molar-refractivity contribution in [2.45, 2.75) is 20.3 Å². The second kappa shape index (κ2) is 9.37. The zero-order valence-corrected chi connectivity index (χ0v) is 19.6. The second-order valence-corrected chi connectivity index (χ2v) is 8.77. The molecule has 170 valence electrons. The average molecular weight is 463 g/mol. The maximum absolute atomic E-state index is 6.69. The highest BCUT2D eigenvalue weighted by molar-refractivity contribution is 6.33. The number of anilines is 2. The molecule has 1 aromatic heterocycles. The van der Waals surface area contributed by atoms with E-state index in [2.05, 4.69) is 50.7 Å². The molecular weight excluding hydrogens is 436 g/mol. The first-order valence-electron chi connectivity index (χ1n) is 11.2. The minimum Gasteiger partial charge on any atom is -0.423 e. The summed E-state index contributed by atoms with van der Waals surface area (Å²) in [4.78, 5) is 16.1. The van der Waals surface area contributed by atoms with Gasteiger partial charge in [0.25, 0.3) is 0 Å². The lowest BCUT2D eigenvalue weighted by molar-refractivity contribution is 0.441. The molecule has 1 aromatic carbocycles. The SMILES string of the molecule is C/C=C\C1=CC(Nc2cc(N3CCNCC3)nc(Oc3ccc4c(c3Cl)C=C(C)C4)n2)=NC1. The minimum absolute atomic E-state index is 0.255. The number of fused-ring (bicyclic) bond motifs is 1. The zero-order chi connectivity index (χ0) is 22.8. The lowest BCUT2D eigenvalue weighted by Gasteiger charge is -2.28. The first-order chi connectivity index (χ1) is 16.1. The predicted molar refractivity (Wildman–Crippen MR) is 135 cm³/mol. The molecule has 2 aliphatic heterocycles. The van der Waals surface area contributed by atoms with Crippen LogP contribution in [0.15, 0.2) is 52.6 Å². The number of rotatable bonds is 5. The highest BCUT2D eigenvalue weighted by Gasteiger charge is 2.20. The van der Waals surface area contributed by atoms with Crippen molar-refractivity contribution >= 4 is 35.1 Å². The van der Waals surface area contributed by atoms with Gasteiger partial charge in [0.15, 0.2) is 0 Å². The Kier molecular flexibility index (Phi) is 6.15. The van der Waals surface area contributed by atoms with Gasteiger partial charge in [0, 0.05) is 37.8 Å². The van der Waals surface area contributed by atoms with Gasteiger partial charge in [0.1, 0.15) is 23.2 Å². The Labute approximate surface area is 198 Å². The van der Waals surface area contributed by atoms with Crippen LogP contribution in [0.4, 0.5) is 11.6 Å². The van der Waals surface area contributed by atoms with Crippen LogP contribution in [0, 0.1) is 0 Å². The Morgan fingerprint density at radius 2 is 2.03 bits per heavy atom. The number of piperazine rings is 1. The summed E-state index contributed by atoms with van der Waals surface area (Å²) >= 11 is 6.69. The van der Waals surface area contributed by atoms with Crippen molar-refractivity contribution in [3.8, 4) is 11.8 Å². The normalized spacial score (nSPS) is 17.7. The molecule has 0 unspecified atom stereocenters. The Bertz CT molecular complexity index is 1190. The molecule has 3 aliphatic rings. The summed E-state index contributed by atoms with van der Waals surface area (Å²) in [6.07, 6.45) is 9.14. The van der Waals surface area contributed by atoms with Crippen molar-refractivity contribution in [2.24, 2.45) is 4.99 Å². The summed E-state index contributed by atoms with van der Waals surface area (Å²) in [6.45, 7) is 8.32. The fraction of sp³-hybridized carbons (Fsp3) is 0.320. The summed E-state index contributed by atoms with van der Waals surface area (Å²) in [5, 5.41) is 7.29. The zero-order valence-electron chi connectivity index (χ0n) is 18.9. The van der Waals surface area contributed by atoms with Crippen LogP contribution < -0.4 is 20.3 Å². The van der Waals surface area contributed by atoms with E-state index < -0.39 is 0 Å². The second-order valence-electron chi connectivity index (χ2n) is 8.40. The molecule has 2 N–H and O–H groups in total. The van der Waals surface area contributed by atoms with Crippen molar-refractivity contribution in [1.82, 2.24) is 15.3 Å². The van der Waals surface area contributed by atoms with Crippen LogP contribution in [0.1, 0.15) is 25.0 Å². The van der Waals surface area contributed by atoms with E-state index in [1.807, 2.05) is 31.2 Å². The summed E-state index contributed by atoms with van der Waals surface area (Å²) in [5.74, 6) is 2.78. The van der Waals surface area contributed by atoms with E-state index in [9.17, 15) is 0 Å². The molecule has 0 atom stereocenters. The van der Waals surface area contributed by atoms with Crippen LogP contribution in [0.25, 0.3) is 6.08 Å². The number of aromatic nitrogens is 2. The number of nitrogens with one attached hydrogen (secondary N) is 2. The quantitative estimate of drug-likeness (QED) is 0.675. The number of halogens is 1. The molecule has 7 nitrogen and oxygen atoms in total. The molecule has 0 amide bonds. The molecule has 1 saturated heterocycles. The number of amidine groups is 1. The van der Waals surface area contributed by atoms with Crippen LogP contribution >= 0.6 is 11.6 Å². The average Bonchev–Trinajstić information content (AvgIpc) is 3.42. The lowest BCUT2D eigenvalue weighted by Crippen LogP contribution is -2.44. The van der Waals surface area contributed by atoms with E-state index in [0.717, 1.165) is 55.4 Å². The van der Waals surface area contributed by atoms with Crippen LogP contribution in [0.3, 0.4) is 0 Å². The third kappa shape index (κ3) is 4.79. The Morgan fingerprint density at radius 1 is 1.18 bits per heavy atom. The fourth-order valence-electron chi connectivity index (χ4n) is 4.24. The van der Waals surface area contributed by atoms with Crippen molar-refractivity contribution in [1.29, 1.82) is 0 Å².